The Morgan fingerprint density at radius 2 is 1.85 bits per heavy atom. The summed E-state index contributed by atoms with van der Waals surface area (Å²) in [6, 6.07) is 5.87. The Morgan fingerprint density at radius 1 is 1.10 bits per heavy atom. The number of nitrogens with one attached hydrogen (secondary N) is 2. The van der Waals surface area contributed by atoms with Gasteiger partial charge in [-0.05, 0) is 24.3 Å². The highest BCUT2D eigenvalue weighted by Crippen LogP contribution is 2.11. The number of benzene rings is 1. The van der Waals surface area contributed by atoms with Crippen molar-refractivity contribution in [3.8, 4) is 0 Å². The van der Waals surface area contributed by atoms with E-state index in [0.29, 0.717) is 17.1 Å². The Kier molecular flexibility index (Phi) is 4.23. The molecule has 0 spiro atoms. The third kappa shape index (κ3) is 3.52. The fraction of sp³-hybridized carbons (Fsp3) is 0.0769. The predicted molar refractivity (Wildman–Crippen MR) is 72.5 cm³/mol. The van der Waals surface area contributed by atoms with Crippen molar-refractivity contribution >= 4 is 23.5 Å². The van der Waals surface area contributed by atoms with Crippen LogP contribution in [0.2, 0.25) is 0 Å². The molecular formula is C13H12N4O3. The van der Waals surface area contributed by atoms with Gasteiger partial charge in [0.2, 0.25) is 0 Å². The van der Waals surface area contributed by atoms with Crippen molar-refractivity contribution in [1.82, 2.24) is 9.97 Å². The van der Waals surface area contributed by atoms with E-state index >= 15 is 0 Å². The van der Waals surface area contributed by atoms with Crippen molar-refractivity contribution in [3.05, 3.63) is 48.4 Å². The van der Waals surface area contributed by atoms with Crippen LogP contribution in [-0.2, 0) is 4.74 Å². The molecule has 0 saturated heterocycles. The fourth-order valence-corrected chi connectivity index (χ4v) is 1.45. The van der Waals surface area contributed by atoms with Gasteiger partial charge < -0.3 is 10.1 Å². The largest absolute Gasteiger partial charge is 0.465 e. The molecule has 2 N–H and O–H groups in total. The first kappa shape index (κ1) is 13.5. The first-order valence-electron chi connectivity index (χ1n) is 5.71. The van der Waals surface area contributed by atoms with Crippen LogP contribution in [0.1, 0.15) is 10.4 Å². The lowest BCUT2D eigenvalue weighted by Crippen LogP contribution is -2.20. The van der Waals surface area contributed by atoms with Gasteiger partial charge in [-0.1, -0.05) is 0 Å². The summed E-state index contributed by atoms with van der Waals surface area (Å²) < 4.78 is 4.58. The van der Waals surface area contributed by atoms with Crippen molar-refractivity contribution in [2.75, 3.05) is 17.7 Å². The normalized spacial score (nSPS) is 9.65. The Labute approximate surface area is 115 Å². The molecule has 0 aliphatic carbocycles. The average molecular weight is 272 g/mol. The van der Waals surface area contributed by atoms with Crippen LogP contribution in [0.15, 0.2) is 42.9 Å². The maximum absolute atomic E-state index is 11.7. The number of esters is 1. The SMILES string of the molecule is COC(=O)c1ccc(NC(=O)Nc2cnccn2)cc1. The molecule has 0 aliphatic heterocycles. The van der Waals surface area contributed by atoms with Crippen molar-refractivity contribution in [1.29, 1.82) is 0 Å². The topological polar surface area (TPSA) is 93.2 Å². The molecule has 1 aromatic heterocycles. The highest BCUT2D eigenvalue weighted by Gasteiger charge is 2.06. The number of hydrogen-bond donors (Lipinski definition) is 2. The van der Waals surface area contributed by atoms with Gasteiger partial charge in [0.15, 0.2) is 5.82 Å². The number of anilines is 2. The zero-order valence-electron chi connectivity index (χ0n) is 10.7. The van der Waals surface area contributed by atoms with E-state index in [4.69, 9.17) is 0 Å². The Balaban J connectivity index is 1.96. The van der Waals surface area contributed by atoms with E-state index in [2.05, 4.69) is 25.3 Å². The van der Waals surface area contributed by atoms with Crippen LogP contribution in [0.4, 0.5) is 16.3 Å². The smallest absolute Gasteiger partial charge is 0.337 e. The van der Waals surface area contributed by atoms with Gasteiger partial charge in [0.05, 0.1) is 18.9 Å². The van der Waals surface area contributed by atoms with E-state index in [0.717, 1.165) is 0 Å². The van der Waals surface area contributed by atoms with Gasteiger partial charge in [0, 0.05) is 18.1 Å². The molecule has 0 unspecified atom stereocenters. The van der Waals surface area contributed by atoms with Crippen molar-refractivity contribution in [2.24, 2.45) is 0 Å². The van der Waals surface area contributed by atoms with Crippen molar-refractivity contribution in [3.63, 3.8) is 0 Å². The van der Waals surface area contributed by atoms with E-state index in [1.165, 1.54) is 25.7 Å². The minimum absolute atomic E-state index is 0.344. The first-order valence-corrected chi connectivity index (χ1v) is 5.71. The number of carbonyl (C=O) groups excluding carboxylic acids is 2. The lowest BCUT2D eigenvalue weighted by atomic mass is 10.2. The zero-order valence-corrected chi connectivity index (χ0v) is 10.7. The number of amides is 2. The molecular weight excluding hydrogens is 260 g/mol. The van der Waals surface area contributed by atoms with Crippen LogP contribution in [0.25, 0.3) is 0 Å². The second kappa shape index (κ2) is 6.28. The molecule has 0 atom stereocenters. The second-order valence-electron chi connectivity index (χ2n) is 3.74. The summed E-state index contributed by atoms with van der Waals surface area (Å²) in [5.74, 6) is -0.0863. The number of methoxy groups -OCH3 is 1. The molecule has 0 saturated carbocycles. The Hall–Kier alpha value is -2.96. The average Bonchev–Trinajstić information content (AvgIpc) is 2.48. The maximum Gasteiger partial charge on any atom is 0.337 e. The lowest BCUT2D eigenvalue weighted by Gasteiger charge is -2.07. The van der Waals surface area contributed by atoms with Crippen LogP contribution in [0.3, 0.4) is 0 Å². The summed E-state index contributed by atoms with van der Waals surface area (Å²) in [6.45, 7) is 0. The van der Waals surface area contributed by atoms with Crippen LogP contribution in [-0.4, -0.2) is 29.1 Å². The number of aromatic nitrogens is 2. The third-order valence-corrected chi connectivity index (χ3v) is 2.37. The second-order valence-corrected chi connectivity index (χ2v) is 3.74. The van der Waals surface area contributed by atoms with Crippen molar-refractivity contribution < 1.29 is 14.3 Å². The monoisotopic (exact) mass is 272 g/mol. The maximum atomic E-state index is 11.7. The molecule has 2 amide bonds. The lowest BCUT2D eigenvalue weighted by molar-refractivity contribution is 0.0601. The molecule has 0 radical (unpaired) electrons. The summed E-state index contributed by atoms with van der Waals surface area (Å²) >= 11 is 0. The minimum Gasteiger partial charge on any atom is -0.465 e. The first-order chi connectivity index (χ1) is 9.69. The van der Waals surface area contributed by atoms with Crippen molar-refractivity contribution in [2.45, 2.75) is 0 Å². The molecule has 0 fully saturated rings. The predicted octanol–water partition coefficient (Wildman–Crippen LogP) is 1.91. The van der Waals surface area contributed by atoms with Gasteiger partial charge in [-0.15, -0.1) is 0 Å². The molecule has 20 heavy (non-hydrogen) atoms. The molecule has 7 heteroatoms. The molecule has 2 aromatic rings. The van der Waals surface area contributed by atoms with Gasteiger partial charge in [0.1, 0.15) is 0 Å². The van der Waals surface area contributed by atoms with Crippen LogP contribution in [0, 0.1) is 0 Å². The number of ether oxygens (including phenoxy) is 1. The molecule has 0 bridgehead atoms. The van der Waals surface area contributed by atoms with Gasteiger partial charge in [-0.25, -0.2) is 14.6 Å². The number of rotatable bonds is 3. The van der Waals surface area contributed by atoms with E-state index in [1.807, 2.05) is 0 Å². The number of carbonyl (C=O) groups is 2. The van der Waals surface area contributed by atoms with Gasteiger partial charge in [0.25, 0.3) is 0 Å². The highest BCUT2D eigenvalue weighted by molar-refractivity contribution is 5.99. The molecule has 102 valence electrons. The van der Waals surface area contributed by atoms with Crippen LogP contribution in [0.5, 0.6) is 0 Å². The molecule has 2 rings (SSSR count). The summed E-state index contributed by atoms with van der Waals surface area (Å²) in [5.41, 5.74) is 0.950. The van der Waals surface area contributed by atoms with E-state index in [9.17, 15) is 9.59 Å². The highest BCUT2D eigenvalue weighted by atomic mass is 16.5. The van der Waals surface area contributed by atoms with Crippen LogP contribution >= 0.6 is 0 Å². The zero-order chi connectivity index (χ0) is 14.4. The van der Waals surface area contributed by atoms with Crippen LogP contribution < -0.4 is 10.6 Å². The van der Waals surface area contributed by atoms with E-state index in [1.54, 1.807) is 24.3 Å². The quantitative estimate of drug-likeness (QED) is 0.832. The number of nitrogens with zero attached hydrogens (tertiary/aromatic N) is 2. The van der Waals surface area contributed by atoms with E-state index < -0.39 is 12.0 Å². The summed E-state index contributed by atoms with van der Waals surface area (Å²) in [7, 11) is 1.31. The molecule has 7 nitrogen and oxygen atoms in total. The Bertz CT molecular complexity index is 599. The standard InChI is InChI=1S/C13H12N4O3/c1-20-12(18)9-2-4-10(5-3-9)16-13(19)17-11-8-14-6-7-15-11/h2-8H,1H3,(H2,15,16,17,19). The summed E-state index contributed by atoms with van der Waals surface area (Å²) in [5, 5.41) is 5.13. The third-order valence-electron chi connectivity index (χ3n) is 2.37. The molecule has 0 aliphatic rings. The van der Waals surface area contributed by atoms with E-state index in [-0.39, 0.29) is 0 Å². The van der Waals surface area contributed by atoms with Gasteiger partial charge in [-0.2, -0.15) is 0 Å². The summed E-state index contributed by atoms with van der Waals surface area (Å²) in [6.07, 6.45) is 4.41. The minimum atomic E-state index is -0.448. The number of urea groups is 1. The Morgan fingerprint density at radius 3 is 2.45 bits per heavy atom. The fourth-order valence-electron chi connectivity index (χ4n) is 1.45. The summed E-state index contributed by atoms with van der Waals surface area (Å²) in [4.78, 5) is 30.7. The number of hydrogen-bond acceptors (Lipinski definition) is 5. The van der Waals surface area contributed by atoms with Gasteiger partial charge in [-0.3, -0.25) is 10.3 Å². The molecule has 1 heterocycles. The van der Waals surface area contributed by atoms with Gasteiger partial charge >= 0.3 is 12.0 Å². The molecule has 1 aromatic carbocycles.